The molecule has 0 aromatic heterocycles. The first kappa shape index (κ1) is 8.16. The van der Waals surface area contributed by atoms with Crippen LogP contribution in [0.15, 0.2) is 0 Å². The molecule has 0 spiro atoms. The van der Waals surface area contributed by atoms with Crippen LogP contribution in [-0.2, 0) is 0 Å². The Balaban J connectivity index is 2.29. The highest BCUT2D eigenvalue weighted by molar-refractivity contribution is 6.11. The zero-order chi connectivity index (χ0) is 7.56. The molecule has 0 aliphatic heterocycles. The maximum Gasteiger partial charge on any atom is 0.0703 e. The zero-order valence-corrected chi connectivity index (χ0v) is 7.14. The van der Waals surface area contributed by atoms with Crippen LogP contribution in [0.3, 0.4) is 0 Å². The van der Waals surface area contributed by atoms with Gasteiger partial charge >= 0.3 is 0 Å². The van der Waals surface area contributed by atoms with Gasteiger partial charge in [-0.3, -0.25) is 0 Å². The fourth-order valence-electron chi connectivity index (χ4n) is 1.97. The van der Waals surface area contributed by atoms with E-state index in [4.69, 9.17) is 7.85 Å². The summed E-state index contributed by atoms with van der Waals surface area (Å²) in [5, 5.41) is 0. The first-order valence-corrected chi connectivity index (χ1v) is 4.49. The van der Waals surface area contributed by atoms with Gasteiger partial charge in [0.25, 0.3) is 0 Å². The summed E-state index contributed by atoms with van der Waals surface area (Å²) >= 11 is 0. The van der Waals surface area contributed by atoms with Crippen molar-refractivity contribution in [2.45, 2.75) is 45.3 Å². The van der Waals surface area contributed by atoms with Gasteiger partial charge in [-0.25, -0.2) is 0 Å². The van der Waals surface area contributed by atoms with Crippen LogP contribution in [0.2, 0.25) is 5.82 Å². The summed E-state index contributed by atoms with van der Waals surface area (Å²) in [6.45, 7) is 4.52. The van der Waals surface area contributed by atoms with Crippen molar-refractivity contribution in [3.63, 3.8) is 0 Å². The van der Waals surface area contributed by atoms with E-state index in [9.17, 15) is 0 Å². The van der Waals surface area contributed by atoms with E-state index < -0.39 is 0 Å². The Morgan fingerprint density at radius 2 is 2.20 bits per heavy atom. The molecule has 0 aromatic rings. The van der Waals surface area contributed by atoms with E-state index in [1.54, 1.807) is 0 Å². The monoisotopic (exact) mass is 136 g/mol. The lowest BCUT2D eigenvalue weighted by molar-refractivity contribution is 0.474. The van der Waals surface area contributed by atoms with Crippen LogP contribution in [0.25, 0.3) is 0 Å². The molecule has 1 aliphatic rings. The van der Waals surface area contributed by atoms with E-state index in [0.29, 0.717) is 5.82 Å². The van der Waals surface area contributed by atoms with Gasteiger partial charge < -0.3 is 0 Å². The third-order valence-electron chi connectivity index (χ3n) is 2.81. The van der Waals surface area contributed by atoms with Crippen molar-refractivity contribution in [2.24, 2.45) is 11.8 Å². The molecule has 1 aliphatic carbocycles. The van der Waals surface area contributed by atoms with Crippen LogP contribution in [0.1, 0.15) is 39.5 Å². The lowest BCUT2D eigenvalue weighted by Crippen LogP contribution is -2.04. The number of hydrogen-bond acceptors (Lipinski definition) is 0. The molecule has 0 bridgehead atoms. The maximum absolute atomic E-state index is 5.94. The molecule has 0 aromatic carbocycles. The third-order valence-corrected chi connectivity index (χ3v) is 2.81. The molecular weight excluding hydrogens is 119 g/mol. The van der Waals surface area contributed by atoms with Crippen LogP contribution in [0, 0.1) is 11.8 Å². The lowest BCUT2D eigenvalue weighted by Gasteiger charge is -2.16. The Bertz CT molecular complexity index is 101. The van der Waals surface area contributed by atoms with Crippen molar-refractivity contribution in [3.05, 3.63) is 0 Å². The Morgan fingerprint density at radius 3 is 2.60 bits per heavy atom. The van der Waals surface area contributed by atoms with Gasteiger partial charge in [-0.2, -0.15) is 0 Å². The highest BCUT2D eigenvalue weighted by atomic mass is 14.3. The summed E-state index contributed by atoms with van der Waals surface area (Å²) in [4.78, 5) is 0. The summed E-state index contributed by atoms with van der Waals surface area (Å²) in [6, 6.07) is 0. The van der Waals surface area contributed by atoms with E-state index in [-0.39, 0.29) is 0 Å². The van der Waals surface area contributed by atoms with E-state index in [1.165, 1.54) is 19.3 Å². The fourth-order valence-corrected chi connectivity index (χ4v) is 1.97. The molecule has 3 unspecified atom stereocenters. The van der Waals surface area contributed by atoms with E-state index in [1.807, 2.05) is 0 Å². The first-order valence-electron chi connectivity index (χ1n) is 4.49. The van der Waals surface area contributed by atoms with Crippen molar-refractivity contribution in [1.82, 2.24) is 0 Å². The van der Waals surface area contributed by atoms with Gasteiger partial charge in [0.2, 0.25) is 0 Å². The highest BCUT2D eigenvalue weighted by Gasteiger charge is 2.24. The Hall–Kier alpha value is 0.0649. The topological polar surface area (TPSA) is 0 Å². The van der Waals surface area contributed by atoms with Crippen LogP contribution in [0.5, 0.6) is 0 Å². The average Bonchev–Trinajstić information content (AvgIpc) is 2.34. The minimum Gasteiger partial charge on any atom is -0.0749 e. The van der Waals surface area contributed by atoms with Crippen LogP contribution < -0.4 is 0 Å². The van der Waals surface area contributed by atoms with Gasteiger partial charge in [-0.05, 0) is 18.3 Å². The number of hydrogen-bond donors (Lipinski definition) is 0. The summed E-state index contributed by atoms with van der Waals surface area (Å²) in [5.41, 5.74) is 0. The predicted octanol–water partition coefficient (Wildman–Crippen LogP) is 2.79. The molecule has 1 heteroatoms. The first-order chi connectivity index (χ1) is 4.74. The van der Waals surface area contributed by atoms with Crippen molar-refractivity contribution < 1.29 is 0 Å². The molecule has 0 amide bonds. The molecule has 3 atom stereocenters. The molecule has 1 saturated carbocycles. The van der Waals surface area contributed by atoms with Crippen LogP contribution in [-0.4, -0.2) is 7.85 Å². The second-order valence-corrected chi connectivity index (χ2v) is 3.75. The smallest absolute Gasteiger partial charge is 0.0703 e. The summed E-state index contributed by atoms with van der Waals surface area (Å²) in [5.74, 6) is 2.24. The summed E-state index contributed by atoms with van der Waals surface area (Å²) < 4.78 is 0. The summed E-state index contributed by atoms with van der Waals surface area (Å²) in [7, 11) is 5.94. The van der Waals surface area contributed by atoms with Gasteiger partial charge in [-0.15, -0.1) is 0 Å². The average molecular weight is 136 g/mol. The second kappa shape index (κ2) is 3.45. The van der Waals surface area contributed by atoms with E-state index in [2.05, 4.69) is 13.8 Å². The van der Waals surface area contributed by atoms with Gasteiger partial charge in [0.05, 0.1) is 7.85 Å². The van der Waals surface area contributed by atoms with Crippen LogP contribution >= 0.6 is 0 Å². The quantitative estimate of drug-likeness (QED) is 0.512. The standard InChI is InChI=1S/C9H17B/c1-3-9(10)8-5-4-7(2)6-8/h7-9H,3-6H2,1-2H3. The van der Waals surface area contributed by atoms with Gasteiger partial charge in [0.1, 0.15) is 0 Å². The molecule has 0 heterocycles. The SMILES string of the molecule is [B]C(CC)C1CCC(C)C1. The van der Waals surface area contributed by atoms with Gasteiger partial charge in [0.15, 0.2) is 0 Å². The van der Waals surface area contributed by atoms with Gasteiger partial charge in [0, 0.05) is 0 Å². The minimum atomic E-state index is 0.477. The third kappa shape index (κ3) is 1.77. The Labute approximate surface area is 65.8 Å². The maximum atomic E-state index is 5.94. The molecule has 1 rings (SSSR count). The van der Waals surface area contributed by atoms with E-state index >= 15 is 0 Å². The highest BCUT2D eigenvalue weighted by Crippen LogP contribution is 2.37. The number of rotatable bonds is 2. The Morgan fingerprint density at radius 1 is 1.50 bits per heavy atom. The Kier molecular flexibility index (Phi) is 2.82. The zero-order valence-electron chi connectivity index (χ0n) is 7.14. The second-order valence-electron chi connectivity index (χ2n) is 3.75. The molecule has 0 nitrogen and oxygen atoms in total. The van der Waals surface area contributed by atoms with Gasteiger partial charge in [-0.1, -0.05) is 38.9 Å². The normalized spacial score (nSPS) is 36.2. The van der Waals surface area contributed by atoms with Crippen molar-refractivity contribution in [1.29, 1.82) is 0 Å². The molecular formula is C9H17B. The molecule has 0 saturated heterocycles. The molecule has 10 heavy (non-hydrogen) atoms. The fraction of sp³-hybridized carbons (Fsp3) is 1.00. The lowest BCUT2D eigenvalue weighted by atomic mass is 9.74. The van der Waals surface area contributed by atoms with Crippen LogP contribution in [0.4, 0.5) is 0 Å². The molecule has 2 radical (unpaired) electrons. The van der Waals surface area contributed by atoms with Crippen molar-refractivity contribution in [3.8, 4) is 0 Å². The molecule has 1 fully saturated rings. The van der Waals surface area contributed by atoms with Crippen molar-refractivity contribution in [2.75, 3.05) is 0 Å². The van der Waals surface area contributed by atoms with E-state index in [0.717, 1.165) is 18.3 Å². The molecule has 0 N–H and O–H groups in total. The molecule has 56 valence electrons. The van der Waals surface area contributed by atoms with Crippen molar-refractivity contribution >= 4 is 7.85 Å². The summed E-state index contributed by atoms with van der Waals surface area (Å²) in [6.07, 6.45) is 5.29. The predicted molar refractivity (Wildman–Crippen MR) is 46.3 cm³/mol. The minimum absolute atomic E-state index is 0.477. The largest absolute Gasteiger partial charge is 0.0749 e.